The van der Waals surface area contributed by atoms with Crippen LogP contribution in [-0.2, 0) is 0 Å². The molecule has 0 fully saturated rings. The third-order valence-electron chi connectivity index (χ3n) is 9.65. The van der Waals surface area contributed by atoms with E-state index >= 15 is 0 Å². The van der Waals surface area contributed by atoms with Crippen LogP contribution >= 0.6 is 11.3 Å². The molecule has 0 aliphatic heterocycles. The fourth-order valence-corrected chi connectivity index (χ4v) is 8.35. The number of thiophene rings is 1. The molecular formula is C46H29NOS. The van der Waals surface area contributed by atoms with E-state index in [1.807, 2.05) is 23.5 Å². The Hall–Kier alpha value is -6.16. The van der Waals surface area contributed by atoms with E-state index in [2.05, 4.69) is 169 Å². The van der Waals surface area contributed by atoms with E-state index in [9.17, 15) is 0 Å². The lowest BCUT2D eigenvalue weighted by Crippen LogP contribution is -2.09. The highest BCUT2D eigenvalue weighted by molar-refractivity contribution is 7.25. The molecular weight excluding hydrogens is 615 g/mol. The van der Waals surface area contributed by atoms with Crippen molar-refractivity contribution < 1.29 is 4.42 Å². The Balaban J connectivity index is 1.02. The zero-order chi connectivity index (χ0) is 32.3. The Labute approximate surface area is 287 Å². The van der Waals surface area contributed by atoms with Gasteiger partial charge < -0.3 is 9.32 Å². The Morgan fingerprint density at radius 2 is 1.00 bits per heavy atom. The Bertz CT molecular complexity index is 2810. The first-order valence-electron chi connectivity index (χ1n) is 16.6. The smallest absolute Gasteiger partial charge is 0.143 e. The summed E-state index contributed by atoms with van der Waals surface area (Å²) in [5.41, 5.74) is 9.80. The van der Waals surface area contributed by atoms with Crippen LogP contribution in [0.3, 0.4) is 0 Å². The molecule has 10 aromatic rings. The van der Waals surface area contributed by atoms with Crippen LogP contribution in [0.2, 0.25) is 0 Å². The molecule has 0 aliphatic rings. The van der Waals surface area contributed by atoms with Crippen LogP contribution in [0, 0.1) is 0 Å². The van der Waals surface area contributed by atoms with Gasteiger partial charge in [-0.1, -0.05) is 109 Å². The summed E-state index contributed by atoms with van der Waals surface area (Å²) < 4.78 is 9.00. The highest BCUT2D eigenvalue weighted by Crippen LogP contribution is 2.41. The van der Waals surface area contributed by atoms with Crippen molar-refractivity contribution in [1.29, 1.82) is 0 Å². The van der Waals surface area contributed by atoms with Gasteiger partial charge in [0.15, 0.2) is 0 Å². The quantitative estimate of drug-likeness (QED) is 0.186. The third-order valence-corrected chi connectivity index (χ3v) is 10.8. The van der Waals surface area contributed by atoms with Crippen molar-refractivity contribution in [2.45, 2.75) is 0 Å². The van der Waals surface area contributed by atoms with Gasteiger partial charge in [0, 0.05) is 53.6 Å². The average molecular weight is 644 g/mol. The molecule has 2 nitrogen and oxygen atoms in total. The van der Waals surface area contributed by atoms with Crippen molar-refractivity contribution in [1.82, 2.24) is 0 Å². The van der Waals surface area contributed by atoms with Crippen LogP contribution in [0.1, 0.15) is 0 Å². The van der Waals surface area contributed by atoms with E-state index in [0.717, 1.165) is 50.1 Å². The molecule has 0 radical (unpaired) electrons. The van der Waals surface area contributed by atoms with Crippen LogP contribution in [0.25, 0.3) is 75.1 Å². The summed E-state index contributed by atoms with van der Waals surface area (Å²) in [6.07, 6.45) is 0. The van der Waals surface area contributed by atoms with Crippen LogP contribution < -0.4 is 4.90 Å². The molecule has 0 saturated heterocycles. The highest BCUT2D eigenvalue weighted by Gasteiger charge is 2.16. The normalized spacial score (nSPS) is 11.7. The minimum atomic E-state index is 0.914. The van der Waals surface area contributed by atoms with Gasteiger partial charge in [0.25, 0.3) is 0 Å². The summed E-state index contributed by atoms with van der Waals surface area (Å²) in [7, 11) is 0. The fraction of sp³-hybridized carbons (Fsp3) is 0. The van der Waals surface area contributed by atoms with Crippen LogP contribution in [-0.4, -0.2) is 0 Å². The molecule has 3 heteroatoms. The minimum Gasteiger partial charge on any atom is -0.455 e. The Morgan fingerprint density at radius 3 is 1.80 bits per heavy atom. The maximum absolute atomic E-state index is 6.35. The first kappa shape index (κ1) is 27.9. The second-order valence-corrected chi connectivity index (χ2v) is 13.6. The van der Waals surface area contributed by atoms with Crippen molar-refractivity contribution in [3.63, 3.8) is 0 Å². The minimum absolute atomic E-state index is 0.914. The van der Waals surface area contributed by atoms with Gasteiger partial charge in [-0.25, -0.2) is 0 Å². The van der Waals surface area contributed by atoms with E-state index in [0.29, 0.717) is 0 Å². The van der Waals surface area contributed by atoms with E-state index in [1.165, 1.54) is 42.1 Å². The molecule has 2 aromatic heterocycles. The fourth-order valence-electron chi connectivity index (χ4n) is 7.23. The van der Waals surface area contributed by atoms with Gasteiger partial charge in [-0.15, -0.1) is 11.3 Å². The molecule has 0 atom stereocenters. The Kier molecular flexibility index (Phi) is 6.39. The first-order chi connectivity index (χ1) is 24.3. The van der Waals surface area contributed by atoms with Gasteiger partial charge in [-0.05, 0) is 94.2 Å². The molecule has 0 spiro atoms. The number of para-hydroxylation sites is 3. The summed E-state index contributed by atoms with van der Waals surface area (Å²) in [6, 6.07) is 63.2. The molecule has 49 heavy (non-hydrogen) atoms. The monoisotopic (exact) mass is 643 g/mol. The van der Waals surface area contributed by atoms with Crippen molar-refractivity contribution >= 4 is 81.3 Å². The van der Waals surface area contributed by atoms with Crippen molar-refractivity contribution in [2.75, 3.05) is 4.90 Å². The second-order valence-electron chi connectivity index (χ2n) is 12.6. The number of furan rings is 1. The SMILES string of the molecule is c1ccc(N(c2ccc(-c3ccc4sc5cc6ccccc6cc5c4c3)cc2)c2ccc(-c3cccc4c3oc3ccccc34)cc2)cc1. The third kappa shape index (κ3) is 4.70. The number of benzene rings is 8. The summed E-state index contributed by atoms with van der Waals surface area (Å²) in [6.45, 7) is 0. The summed E-state index contributed by atoms with van der Waals surface area (Å²) in [4.78, 5) is 2.32. The molecule has 2 heterocycles. The topological polar surface area (TPSA) is 16.4 Å². The van der Waals surface area contributed by atoms with Crippen LogP contribution in [0.4, 0.5) is 17.1 Å². The maximum atomic E-state index is 6.35. The molecule has 0 bridgehead atoms. The van der Waals surface area contributed by atoms with Gasteiger partial charge in [0.05, 0.1) is 0 Å². The van der Waals surface area contributed by atoms with Crippen LogP contribution in [0.15, 0.2) is 180 Å². The molecule has 10 rings (SSSR count). The predicted octanol–water partition coefficient (Wildman–Crippen LogP) is 13.9. The molecule has 0 aliphatic carbocycles. The van der Waals surface area contributed by atoms with E-state index in [4.69, 9.17) is 4.42 Å². The molecule has 8 aromatic carbocycles. The maximum Gasteiger partial charge on any atom is 0.143 e. The number of fused-ring (bicyclic) bond motifs is 7. The number of hydrogen-bond donors (Lipinski definition) is 0. The number of anilines is 3. The van der Waals surface area contributed by atoms with Gasteiger partial charge in [0.1, 0.15) is 11.2 Å². The Morgan fingerprint density at radius 1 is 0.388 bits per heavy atom. The van der Waals surface area contributed by atoms with Gasteiger partial charge in [-0.2, -0.15) is 0 Å². The average Bonchev–Trinajstić information content (AvgIpc) is 3.72. The summed E-state index contributed by atoms with van der Waals surface area (Å²) >= 11 is 1.87. The van der Waals surface area contributed by atoms with Gasteiger partial charge in [0.2, 0.25) is 0 Å². The van der Waals surface area contributed by atoms with Crippen molar-refractivity contribution in [3.05, 3.63) is 176 Å². The molecule has 0 N–H and O–H groups in total. The molecule has 0 amide bonds. The van der Waals surface area contributed by atoms with Gasteiger partial charge in [-0.3, -0.25) is 0 Å². The summed E-state index contributed by atoms with van der Waals surface area (Å²) in [5.74, 6) is 0. The van der Waals surface area contributed by atoms with E-state index in [1.54, 1.807) is 0 Å². The highest BCUT2D eigenvalue weighted by atomic mass is 32.1. The van der Waals surface area contributed by atoms with E-state index in [-0.39, 0.29) is 0 Å². The molecule has 0 saturated carbocycles. The predicted molar refractivity (Wildman–Crippen MR) is 210 cm³/mol. The standard InChI is InChI=1S/C46H29NOS/c1-2-11-35(12-3-1)47(37-24-19-31(20-25-37)38-14-8-15-40-39-13-6-7-16-43(39)48-46(38)40)36-22-17-30(18-23-36)34-21-26-44-41(28-34)42-27-32-9-4-5-10-33(32)29-45(42)49-44/h1-29H. The van der Waals surface area contributed by atoms with Crippen LogP contribution in [0.5, 0.6) is 0 Å². The lowest BCUT2D eigenvalue weighted by molar-refractivity contribution is 0.670. The van der Waals surface area contributed by atoms with Crippen molar-refractivity contribution in [3.8, 4) is 22.3 Å². The van der Waals surface area contributed by atoms with Gasteiger partial charge >= 0.3 is 0 Å². The lowest BCUT2D eigenvalue weighted by atomic mass is 10.0. The van der Waals surface area contributed by atoms with E-state index < -0.39 is 0 Å². The number of nitrogens with zero attached hydrogens (tertiary/aromatic N) is 1. The number of rotatable bonds is 5. The largest absolute Gasteiger partial charge is 0.455 e. The zero-order valence-corrected chi connectivity index (χ0v) is 27.3. The molecule has 0 unspecified atom stereocenters. The van der Waals surface area contributed by atoms with Crippen molar-refractivity contribution in [2.24, 2.45) is 0 Å². The summed E-state index contributed by atoms with van der Waals surface area (Å²) in [5, 5.41) is 7.50. The molecule has 230 valence electrons. The second kappa shape index (κ2) is 11.2. The lowest BCUT2D eigenvalue weighted by Gasteiger charge is -2.26. The number of hydrogen-bond acceptors (Lipinski definition) is 3. The zero-order valence-electron chi connectivity index (χ0n) is 26.5. The first-order valence-corrected chi connectivity index (χ1v) is 17.4.